The number of carbonyl (C=O) groups is 3. The first-order valence-electron chi connectivity index (χ1n) is 24.7. The lowest BCUT2D eigenvalue weighted by Crippen LogP contribution is -2.30. The molecule has 0 aliphatic heterocycles. The van der Waals surface area contributed by atoms with Crippen LogP contribution in [0.4, 0.5) is 0 Å². The summed E-state index contributed by atoms with van der Waals surface area (Å²) in [6.07, 6.45) is 55.3. The van der Waals surface area contributed by atoms with Crippen LogP contribution in [0.2, 0.25) is 0 Å². The third kappa shape index (κ3) is 44.5. The summed E-state index contributed by atoms with van der Waals surface area (Å²) in [6, 6.07) is 0. The molecule has 0 aliphatic rings. The maximum absolute atomic E-state index is 12.7. The summed E-state index contributed by atoms with van der Waals surface area (Å²) in [5, 5.41) is 0. The smallest absolute Gasteiger partial charge is 0.306 e. The molecular weight excluding hydrogens is 721 g/mol. The molecule has 0 fully saturated rings. The van der Waals surface area contributed by atoms with Crippen molar-refractivity contribution < 1.29 is 28.6 Å². The Balaban J connectivity index is 4.31. The summed E-state index contributed by atoms with van der Waals surface area (Å²) in [5.41, 5.74) is 0. The van der Waals surface area contributed by atoms with Crippen LogP contribution < -0.4 is 0 Å². The molecule has 0 bridgehead atoms. The highest BCUT2D eigenvalue weighted by atomic mass is 16.6. The minimum atomic E-state index is -0.786. The Hall–Kier alpha value is -2.63. The second-order valence-corrected chi connectivity index (χ2v) is 16.4. The zero-order valence-corrected chi connectivity index (χ0v) is 38.3. The van der Waals surface area contributed by atoms with E-state index in [1.807, 2.05) is 0 Å². The van der Waals surface area contributed by atoms with Gasteiger partial charge in [-0.15, -0.1) is 0 Å². The van der Waals surface area contributed by atoms with Gasteiger partial charge in [-0.25, -0.2) is 0 Å². The summed E-state index contributed by atoms with van der Waals surface area (Å²) in [6.45, 7) is 6.52. The molecule has 0 saturated carbocycles. The van der Waals surface area contributed by atoms with E-state index < -0.39 is 6.10 Å². The van der Waals surface area contributed by atoms with Gasteiger partial charge >= 0.3 is 17.9 Å². The lowest BCUT2D eigenvalue weighted by Gasteiger charge is -2.18. The molecule has 0 amide bonds. The maximum atomic E-state index is 12.7. The van der Waals surface area contributed by atoms with Crippen LogP contribution in [0.3, 0.4) is 0 Å². The monoisotopic (exact) mass is 813 g/mol. The third-order valence-electron chi connectivity index (χ3n) is 10.6. The Morgan fingerprint density at radius 2 is 0.638 bits per heavy atom. The van der Waals surface area contributed by atoms with Gasteiger partial charge in [-0.2, -0.15) is 0 Å². The van der Waals surface area contributed by atoms with Crippen molar-refractivity contribution in [3.8, 4) is 0 Å². The van der Waals surface area contributed by atoms with Gasteiger partial charge in [-0.05, 0) is 89.9 Å². The van der Waals surface area contributed by atoms with Crippen LogP contribution in [0, 0.1) is 0 Å². The fraction of sp³-hybridized carbons (Fsp3) is 0.788. The first-order chi connectivity index (χ1) is 28.5. The third-order valence-corrected chi connectivity index (χ3v) is 10.6. The molecule has 0 spiro atoms. The first kappa shape index (κ1) is 55.4. The molecule has 336 valence electrons. The molecule has 1 atom stereocenters. The molecule has 0 aromatic rings. The molecule has 6 nitrogen and oxygen atoms in total. The topological polar surface area (TPSA) is 78.9 Å². The van der Waals surface area contributed by atoms with Crippen LogP contribution in [0.25, 0.3) is 0 Å². The van der Waals surface area contributed by atoms with Crippen molar-refractivity contribution in [2.24, 2.45) is 0 Å². The van der Waals surface area contributed by atoms with Gasteiger partial charge in [0.2, 0.25) is 0 Å². The highest BCUT2D eigenvalue weighted by Crippen LogP contribution is 2.14. The molecule has 0 radical (unpaired) electrons. The van der Waals surface area contributed by atoms with E-state index in [0.717, 1.165) is 70.6 Å². The van der Waals surface area contributed by atoms with Crippen molar-refractivity contribution in [3.05, 3.63) is 48.6 Å². The average Bonchev–Trinajstić information content (AvgIpc) is 3.22. The summed E-state index contributed by atoms with van der Waals surface area (Å²) < 4.78 is 16.7. The van der Waals surface area contributed by atoms with Gasteiger partial charge in [0.15, 0.2) is 6.10 Å². The van der Waals surface area contributed by atoms with Crippen molar-refractivity contribution in [1.82, 2.24) is 0 Å². The summed E-state index contributed by atoms with van der Waals surface area (Å²) in [4.78, 5) is 37.8. The largest absolute Gasteiger partial charge is 0.462 e. The maximum Gasteiger partial charge on any atom is 0.306 e. The van der Waals surface area contributed by atoms with Gasteiger partial charge in [0.1, 0.15) is 13.2 Å². The van der Waals surface area contributed by atoms with E-state index >= 15 is 0 Å². The molecule has 0 heterocycles. The Labute approximate surface area is 358 Å². The number of allylic oxidation sites excluding steroid dienone is 8. The quantitative estimate of drug-likeness (QED) is 0.0200. The van der Waals surface area contributed by atoms with Gasteiger partial charge in [0.05, 0.1) is 0 Å². The van der Waals surface area contributed by atoms with E-state index in [1.54, 1.807) is 0 Å². The second kappa shape index (κ2) is 47.1. The van der Waals surface area contributed by atoms with Crippen LogP contribution in [0.15, 0.2) is 48.6 Å². The number of esters is 3. The number of hydrogen-bond acceptors (Lipinski definition) is 6. The standard InChI is InChI=1S/C52H92O6/c1-4-7-10-13-16-19-21-23-24-25-26-27-28-29-31-33-36-39-42-45-51(54)57-48-49(47-56-50(53)44-41-38-35-32-18-15-12-9-6-3)58-52(55)46-43-40-37-34-30-22-20-17-14-11-8-5-2/h16-17,19-21,23,32,35,49H,4-15,18,22,24-31,33-34,36-48H2,1-3H3/b19-16-,20-17-,23-21-,35-32-. The normalized spacial score (nSPS) is 12.4. The summed E-state index contributed by atoms with van der Waals surface area (Å²) in [5.74, 6) is -0.934. The molecule has 0 saturated heterocycles. The number of unbranched alkanes of at least 4 members (excludes halogenated alkanes) is 26. The Kier molecular flexibility index (Phi) is 44.9. The summed E-state index contributed by atoms with van der Waals surface area (Å²) in [7, 11) is 0. The highest BCUT2D eigenvalue weighted by molar-refractivity contribution is 5.71. The van der Waals surface area contributed by atoms with Crippen molar-refractivity contribution in [2.75, 3.05) is 13.2 Å². The van der Waals surface area contributed by atoms with Crippen LogP contribution in [0.5, 0.6) is 0 Å². The average molecular weight is 813 g/mol. The Bertz CT molecular complexity index is 1030. The fourth-order valence-electron chi connectivity index (χ4n) is 6.78. The molecule has 0 aromatic heterocycles. The van der Waals surface area contributed by atoms with Gasteiger partial charge in [-0.3, -0.25) is 14.4 Å². The molecule has 58 heavy (non-hydrogen) atoms. The van der Waals surface area contributed by atoms with Crippen molar-refractivity contribution >= 4 is 17.9 Å². The molecule has 0 aromatic carbocycles. The van der Waals surface area contributed by atoms with Crippen molar-refractivity contribution in [2.45, 2.75) is 252 Å². The van der Waals surface area contributed by atoms with E-state index in [1.165, 1.54) is 135 Å². The number of carbonyl (C=O) groups excluding carboxylic acids is 3. The van der Waals surface area contributed by atoms with Crippen molar-refractivity contribution in [3.63, 3.8) is 0 Å². The lowest BCUT2D eigenvalue weighted by atomic mass is 10.1. The van der Waals surface area contributed by atoms with Gasteiger partial charge in [-0.1, -0.05) is 185 Å². The van der Waals surface area contributed by atoms with E-state index in [-0.39, 0.29) is 31.1 Å². The minimum Gasteiger partial charge on any atom is -0.462 e. The van der Waals surface area contributed by atoms with Crippen LogP contribution in [-0.2, 0) is 28.6 Å². The molecule has 0 N–H and O–H groups in total. The molecule has 0 aliphatic carbocycles. The fourth-order valence-corrected chi connectivity index (χ4v) is 6.78. The first-order valence-corrected chi connectivity index (χ1v) is 24.7. The van der Waals surface area contributed by atoms with Crippen LogP contribution in [-0.4, -0.2) is 37.2 Å². The predicted octanol–water partition coefficient (Wildman–Crippen LogP) is 15.9. The van der Waals surface area contributed by atoms with Gasteiger partial charge in [0.25, 0.3) is 0 Å². The zero-order valence-electron chi connectivity index (χ0n) is 38.3. The van der Waals surface area contributed by atoms with Crippen LogP contribution in [0.1, 0.15) is 245 Å². The number of rotatable bonds is 44. The lowest BCUT2D eigenvalue weighted by molar-refractivity contribution is -0.167. The van der Waals surface area contributed by atoms with E-state index in [2.05, 4.69) is 69.4 Å². The second-order valence-electron chi connectivity index (χ2n) is 16.4. The van der Waals surface area contributed by atoms with Crippen LogP contribution >= 0.6 is 0 Å². The zero-order chi connectivity index (χ0) is 42.3. The Morgan fingerprint density at radius 1 is 0.345 bits per heavy atom. The van der Waals surface area contributed by atoms with Gasteiger partial charge < -0.3 is 14.2 Å². The molecule has 1 unspecified atom stereocenters. The minimum absolute atomic E-state index is 0.0863. The number of hydrogen-bond donors (Lipinski definition) is 0. The van der Waals surface area contributed by atoms with Gasteiger partial charge in [0, 0.05) is 19.3 Å². The van der Waals surface area contributed by atoms with Crippen molar-refractivity contribution in [1.29, 1.82) is 0 Å². The molecule has 0 rings (SSSR count). The highest BCUT2D eigenvalue weighted by Gasteiger charge is 2.19. The van der Waals surface area contributed by atoms with E-state index in [4.69, 9.17) is 14.2 Å². The number of ether oxygens (including phenoxy) is 3. The van der Waals surface area contributed by atoms with E-state index in [0.29, 0.717) is 19.3 Å². The molecular formula is C52H92O6. The molecule has 6 heteroatoms. The Morgan fingerprint density at radius 3 is 1.07 bits per heavy atom. The van der Waals surface area contributed by atoms with E-state index in [9.17, 15) is 14.4 Å². The predicted molar refractivity (Wildman–Crippen MR) is 247 cm³/mol. The summed E-state index contributed by atoms with van der Waals surface area (Å²) >= 11 is 0. The SMILES string of the molecule is CCCCC/C=C\C=C/CCCCCCCCCCCCC(=O)OCC(COC(=O)CCC/C=C\CCCCCC)OC(=O)CCCCCCC/C=C\CCCCC.